The van der Waals surface area contributed by atoms with E-state index in [9.17, 15) is 8.78 Å². The van der Waals surface area contributed by atoms with Crippen LogP contribution in [0.15, 0.2) is 12.1 Å². The molecule has 1 aromatic rings. The summed E-state index contributed by atoms with van der Waals surface area (Å²) >= 11 is 5.45. The molecule has 0 spiro atoms. The van der Waals surface area contributed by atoms with Gasteiger partial charge in [0.2, 0.25) is 0 Å². The van der Waals surface area contributed by atoms with Gasteiger partial charge in [0.15, 0.2) is 23.0 Å². The first-order valence-corrected chi connectivity index (χ1v) is 4.55. The van der Waals surface area contributed by atoms with Crippen LogP contribution >= 0.6 is 11.6 Å². The van der Waals surface area contributed by atoms with Gasteiger partial charge in [0.05, 0.1) is 0 Å². The molecule has 0 unspecified atom stereocenters. The van der Waals surface area contributed by atoms with Gasteiger partial charge in [0.25, 0.3) is 0 Å². The number of ether oxygens (including phenoxy) is 1. The summed E-state index contributed by atoms with van der Waals surface area (Å²) in [7, 11) is 0. The van der Waals surface area contributed by atoms with Gasteiger partial charge in [0.1, 0.15) is 0 Å². The molecule has 0 aliphatic rings. The number of hydrogen-bond donors (Lipinski definition) is 0. The van der Waals surface area contributed by atoms with Gasteiger partial charge in [-0.15, -0.1) is 6.42 Å². The molecule has 0 N–H and O–H groups in total. The second-order valence-corrected chi connectivity index (χ2v) is 3.89. The first-order chi connectivity index (χ1) is 6.85. The van der Waals surface area contributed by atoms with E-state index in [0.717, 1.165) is 12.1 Å². The summed E-state index contributed by atoms with van der Waals surface area (Å²) in [5, 5.41) is -0.0316. The fourth-order valence-corrected chi connectivity index (χ4v) is 1.10. The van der Waals surface area contributed by atoms with E-state index < -0.39 is 23.0 Å². The zero-order valence-corrected chi connectivity index (χ0v) is 9.03. The molecule has 0 aliphatic heterocycles. The predicted octanol–water partition coefficient (Wildman–Crippen LogP) is 3.41. The van der Waals surface area contributed by atoms with Crippen molar-refractivity contribution in [1.29, 1.82) is 0 Å². The summed E-state index contributed by atoms with van der Waals surface area (Å²) in [6, 6.07) is 1.93. The largest absolute Gasteiger partial charge is 0.469 e. The van der Waals surface area contributed by atoms with Crippen molar-refractivity contribution in [3.8, 4) is 18.1 Å². The van der Waals surface area contributed by atoms with Crippen molar-refractivity contribution in [1.82, 2.24) is 0 Å². The van der Waals surface area contributed by atoms with Gasteiger partial charge in [-0.2, -0.15) is 0 Å². The SMILES string of the molecule is C#CC(C)(C)Oc1c(F)cc(Cl)cc1F. The van der Waals surface area contributed by atoms with Crippen LogP contribution in [0.5, 0.6) is 5.75 Å². The Morgan fingerprint density at radius 3 is 2.20 bits per heavy atom. The van der Waals surface area contributed by atoms with Crippen molar-refractivity contribution in [3.05, 3.63) is 28.8 Å². The molecule has 0 saturated heterocycles. The molecule has 1 aromatic carbocycles. The minimum Gasteiger partial charge on any atom is -0.469 e. The highest BCUT2D eigenvalue weighted by Gasteiger charge is 2.21. The van der Waals surface area contributed by atoms with E-state index in [-0.39, 0.29) is 5.02 Å². The van der Waals surface area contributed by atoms with Crippen LogP contribution in [0.3, 0.4) is 0 Å². The first-order valence-electron chi connectivity index (χ1n) is 4.17. The van der Waals surface area contributed by atoms with Crippen molar-refractivity contribution in [2.75, 3.05) is 0 Å². The van der Waals surface area contributed by atoms with Crippen LogP contribution in [-0.4, -0.2) is 5.60 Å². The molecule has 0 atom stereocenters. The summed E-state index contributed by atoms with van der Waals surface area (Å²) in [5.74, 6) is 0.0147. The minimum absolute atomic E-state index is 0.0316. The molecule has 0 fully saturated rings. The molecular weight excluding hydrogens is 222 g/mol. The van der Waals surface area contributed by atoms with Crippen LogP contribution in [0.4, 0.5) is 8.78 Å². The van der Waals surface area contributed by atoms with Crippen molar-refractivity contribution >= 4 is 11.6 Å². The topological polar surface area (TPSA) is 9.23 Å². The molecule has 0 radical (unpaired) electrons. The average molecular weight is 231 g/mol. The van der Waals surface area contributed by atoms with E-state index in [1.807, 2.05) is 0 Å². The zero-order chi connectivity index (χ0) is 11.6. The standard InChI is InChI=1S/C11H9ClF2O/c1-4-11(2,3)15-10-8(13)5-7(12)6-9(10)14/h1,5-6H,2-3H3. The molecule has 1 nitrogen and oxygen atoms in total. The van der Waals surface area contributed by atoms with Gasteiger partial charge in [-0.25, -0.2) is 8.78 Å². The maximum absolute atomic E-state index is 13.3. The Morgan fingerprint density at radius 2 is 1.80 bits per heavy atom. The Kier molecular flexibility index (Phi) is 3.21. The molecule has 0 heterocycles. The molecule has 4 heteroatoms. The van der Waals surface area contributed by atoms with E-state index in [0.29, 0.717) is 0 Å². The van der Waals surface area contributed by atoms with Gasteiger partial charge in [-0.3, -0.25) is 0 Å². The van der Waals surface area contributed by atoms with Crippen LogP contribution in [0, 0.1) is 24.0 Å². The van der Waals surface area contributed by atoms with Crippen LogP contribution < -0.4 is 4.74 Å². The van der Waals surface area contributed by atoms with Crippen molar-refractivity contribution in [2.45, 2.75) is 19.4 Å². The third-order valence-corrected chi connectivity index (χ3v) is 1.89. The molecular formula is C11H9ClF2O. The third kappa shape index (κ3) is 2.84. The van der Waals surface area contributed by atoms with Gasteiger partial charge in [-0.1, -0.05) is 17.5 Å². The van der Waals surface area contributed by atoms with Gasteiger partial charge in [0, 0.05) is 5.02 Å². The summed E-state index contributed by atoms with van der Waals surface area (Å²) in [6.07, 6.45) is 5.14. The highest BCUT2D eigenvalue weighted by atomic mass is 35.5. The lowest BCUT2D eigenvalue weighted by Gasteiger charge is -2.20. The number of terminal acetylenes is 1. The molecule has 0 saturated carbocycles. The van der Waals surface area contributed by atoms with E-state index >= 15 is 0 Å². The minimum atomic E-state index is -1.07. The summed E-state index contributed by atoms with van der Waals surface area (Å²) in [5.41, 5.74) is -1.07. The normalized spacial score (nSPS) is 10.9. The maximum atomic E-state index is 13.3. The van der Waals surface area contributed by atoms with Crippen LogP contribution in [0.25, 0.3) is 0 Å². The molecule has 0 amide bonds. The predicted molar refractivity (Wildman–Crippen MR) is 54.9 cm³/mol. The van der Waals surface area contributed by atoms with Crippen molar-refractivity contribution < 1.29 is 13.5 Å². The van der Waals surface area contributed by atoms with Gasteiger partial charge < -0.3 is 4.74 Å². The monoisotopic (exact) mass is 230 g/mol. The van der Waals surface area contributed by atoms with Gasteiger partial charge >= 0.3 is 0 Å². The number of benzene rings is 1. The van der Waals surface area contributed by atoms with E-state index in [2.05, 4.69) is 5.92 Å². The van der Waals surface area contributed by atoms with E-state index in [1.165, 1.54) is 13.8 Å². The number of rotatable bonds is 2. The molecule has 15 heavy (non-hydrogen) atoms. The fourth-order valence-electron chi connectivity index (χ4n) is 0.911. The Hall–Kier alpha value is -1.27. The molecule has 1 rings (SSSR count). The van der Waals surface area contributed by atoms with Crippen molar-refractivity contribution in [2.24, 2.45) is 0 Å². The quantitative estimate of drug-likeness (QED) is 0.708. The highest BCUT2D eigenvalue weighted by Crippen LogP contribution is 2.28. The number of hydrogen-bond acceptors (Lipinski definition) is 1. The Labute approximate surface area is 92.0 Å². The first kappa shape index (κ1) is 11.8. The van der Waals surface area contributed by atoms with E-state index in [1.54, 1.807) is 0 Å². The summed E-state index contributed by atoms with van der Waals surface area (Å²) in [6.45, 7) is 3.06. The summed E-state index contributed by atoms with van der Waals surface area (Å²) < 4.78 is 31.5. The van der Waals surface area contributed by atoms with E-state index in [4.69, 9.17) is 22.8 Å². The Balaban J connectivity index is 3.12. The average Bonchev–Trinajstić information content (AvgIpc) is 2.11. The van der Waals surface area contributed by atoms with Crippen LogP contribution in [-0.2, 0) is 0 Å². The Bertz CT molecular complexity index is 398. The maximum Gasteiger partial charge on any atom is 0.192 e. The second kappa shape index (κ2) is 4.08. The molecule has 0 aliphatic carbocycles. The fraction of sp³-hybridized carbons (Fsp3) is 0.273. The third-order valence-electron chi connectivity index (χ3n) is 1.67. The van der Waals surface area contributed by atoms with Crippen LogP contribution in [0.2, 0.25) is 5.02 Å². The lowest BCUT2D eigenvalue weighted by atomic mass is 10.1. The highest BCUT2D eigenvalue weighted by molar-refractivity contribution is 6.30. The molecule has 0 aromatic heterocycles. The Morgan fingerprint density at radius 1 is 1.33 bits per heavy atom. The van der Waals surface area contributed by atoms with Crippen molar-refractivity contribution in [3.63, 3.8) is 0 Å². The molecule has 80 valence electrons. The zero-order valence-electron chi connectivity index (χ0n) is 8.27. The van der Waals surface area contributed by atoms with Crippen LogP contribution in [0.1, 0.15) is 13.8 Å². The lowest BCUT2D eigenvalue weighted by Crippen LogP contribution is -2.26. The van der Waals surface area contributed by atoms with Gasteiger partial charge in [-0.05, 0) is 26.0 Å². The molecule has 0 bridgehead atoms. The lowest BCUT2D eigenvalue weighted by molar-refractivity contribution is 0.156. The summed E-state index contributed by atoms with van der Waals surface area (Å²) in [4.78, 5) is 0. The second-order valence-electron chi connectivity index (χ2n) is 3.46. The number of halogens is 3. The smallest absolute Gasteiger partial charge is 0.192 e.